The van der Waals surface area contributed by atoms with E-state index in [1.54, 1.807) is 4.68 Å². The molecule has 0 bridgehead atoms. The summed E-state index contributed by atoms with van der Waals surface area (Å²) in [5.41, 5.74) is 3.14. The van der Waals surface area contributed by atoms with Crippen LogP contribution in [0.2, 0.25) is 0 Å². The number of aliphatic hydroxyl groups excluding tert-OH is 3. The summed E-state index contributed by atoms with van der Waals surface area (Å²) in [7, 11) is 0. The number of fused-ring (bicyclic) bond motifs is 2. The molecule has 7 nitrogen and oxygen atoms in total. The Morgan fingerprint density at radius 3 is 2.58 bits per heavy atom. The van der Waals surface area contributed by atoms with Gasteiger partial charge < -0.3 is 20.6 Å². The number of pyridine rings is 1. The van der Waals surface area contributed by atoms with E-state index in [2.05, 4.69) is 10.4 Å². The molecule has 1 unspecified atom stereocenters. The first-order valence-electron chi connectivity index (χ1n) is 8.51. The van der Waals surface area contributed by atoms with Crippen LogP contribution in [0.4, 0.5) is 5.69 Å². The fourth-order valence-electron chi connectivity index (χ4n) is 3.02. The molecule has 0 aliphatic heterocycles. The van der Waals surface area contributed by atoms with Crippen LogP contribution in [0, 0.1) is 6.92 Å². The molecule has 8 heteroatoms. The van der Waals surface area contributed by atoms with Crippen molar-refractivity contribution in [2.45, 2.75) is 39.0 Å². The number of hydrogen-bond acceptors (Lipinski definition) is 6. The zero-order chi connectivity index (χ0) is 18.0. The van der Waals surface area contributed by atoms with Crippen molar-refractivity contribution in [1.29, 1.82) is 0 Å². The van der Waals surface area contributed by atoms with Crippen molar-refractivity contribution >= 4 is 40.0 Å². The monoisotopic (exact) mass is 380 g/mol. The van der Waals surface area contributed by atoms with E-state index < -0.39 is 6.10 Å². The first-order chi connectivity index (χ1) is 12.1. The number of para-hydroxylation sites is 1. The molecule has 0 radical (unpaired) electrons. The van der Waals surface area contributed by atoms with Gasteiger partial charge in [-0.2, -0.15) is 5.10 Å². The van der Waals surface area contributed by atoms with E-state index in [-0.39, 0.29) is 38.2 Å². The summed E-state index contributed by atoms with van der Waals surface area (Å²) in [5.74, 6) is 0. The van der Waals surface area contributed by atoms with Gasteiger partial charge in [-0.3, -0.25) is 0 Å². The van der Waals surface area contributed by atoms with E-state index in [4.69, 9.17) is 10.1 Å². The lowest BCUT2D eigenvalue weighted by Gasteiger charge is -2.18. The van der Waals surface area contributed by atoms with Crippen molar-refractivity contribution in [2.24, 2.45) is 0 Å². The van der Waals surface area contributed by atoms with Crippen LogP contribution in [0.25, 0.3) is 21.9 Å². The summed E-state index contributed by atoms with van der Waals surface area (Å²) in [4.78, 5) is 4.71. The molecule has 0 amide bonds. The zero-order valence-corrected chi connectivity index (χ0v) is 15.7. The highest BCUT2D eigenvalue weighted by molar-refractivity contribution is 6.07. The van der Waals surface area contributed by atoms with Crippen LogP contribution in [-0.2, 0) is 6.54 Å². The quantitative estimate of drug-likeness (QED) is 0.498. The first kappa shape index (κ1) is 20.4. The van der Waals surface area contributed by atoms with Crippen molar-refractivity contribution in [1.82, 2.24) is 14.8 Å². The lowest BCUT2D eigenvalue weighted by Crippen LogP contribution is -2.23. The lowest BCUT2D eigenvalue weighted by atomic mass is 10.1. The standard InChI is InChI=1S/C18H24N4O3.ClH/c1-3-12(9-23)19-17-14-6-4-5-7-15(14)20-18-16(17)11(2)21-22(18)8-13(25)10-24;/h4-7,12-13,23-25H,3,8-10H2,1-2H3,(H,19,20);1H/t12-,13?;/m0./s1. The lowest BCUT2D eigenvalue weighted by molar-refractivity contribution is 0.0791. The Kier molecular flexibility index (Phi) is 6.77. The largest absolute Gasteiger partial charge is 0.394 e. The van der Waals surface area contributed by atoms with Crippen molar-refractivity contribution in [2.75, 3.05) is 18.5 Å². The van der Waals surface area contributed by atoms with Crippen LogP contribution in [0.5, 0.6) is 0 Å². The van der Waals surface area contributed by atoms with Gasteiger partial charge in [0, 0.05) is 11.4 Å². The number of anilines is 1. The van der Waals surface area contributed by atoms with Gasteiger partial charge in [-0.05, 0) is 19.4 Å². The third-order valence-corrected chi connectivity index (χ3v) is 4.41. The van der Waals surface area contributed by atoms with Crippen LogP contribution in [-0.4, -0.2) is 55.4 Å². The number of rotatable bonds is 7. The van der Waals surface area contributed by atoms with Crippen molar-refractivity contribution in [3.8, 4) is 0 Å². The van der Waals surface area contributed by atoms with Crippen molar-refractivity contribution in [3.05, 3.63) is 30.0 Å². The summed E-state index contributed by atoms with van der Waals surface area (Å²) in [6.45, 7) is 3.78. The van der Waals surface area contributed by atoms with Gasteiger partial charge in [0.2, 0.25) is 0 Å². The van der Waals surface area contributed by atoms with Crippen LogP contribution in [0.15, 0.2) is 24.3 Å². The van der Waals surface area contributed by atoms with Gasteiger partial charge in [-0.15, -0.1) is 12.4 Å². The summed E-state index contributed by atoms with van der Waals surface area (Å²) in [6, 6.07) is 7.73. The Balaban J connectivity index is 0.00000243. The number of benzene rings is 1. The zero-order valence-electron chi connectivity index (χ0n) is 14.9. The number of nitrogens with one attached hydrogen (secondary N) is 1. The predicted octanol–water partition coefficient (Wildman–Crippen LogP) is 1.85. The average Bonchev–Trinajstić information content (AvgIpc) is 2.94. The molecule has 2 aromatic heterocycles. The molecule has 0 saturated carbocycles. The Hall–Kier alpha value is -1.93. The minimum atomic E-state index is -0.895. The van der Waals surface area contributed by atoms with Crippen molar-refractivity contribution < 1.29 is 15.3 Å². The molecule has 0 spiro atoms. The SMILES string of the molecule is CC[C@@H](CO)Nc1c2ccccc2nc2c1c(C)nn2CC(O)CO.Cl. The maximum Gasteiger partial charge on any atom is 0.160 e. The fraction of sp³-hybridized carbons (Fsp3) is 0.444. The van der Waals surface area contributed by atoms with Gasteiger partial charge in [-0.25, -0.2) is 9.67 Å². The Morgan fingerprint density at radius 2 is 1.92 bits per heavy atom. The fourth-order valence-corrected chi connectivity index (χ4v) is 3.02. The molecule has 26 heavy (non-hydrogen) atoms. The molecule has 1 aromatic carbocycles. The number of hydrogen-bond donors (Lipinski definition) is 4. The highest BCUT2D eigenvalue weighted by Crippen LogP contribution is 2.33. The Morgan fingerprint density at radius 1 is 1.19 bits per heavy atom. The minimum absolute atomic E-state index is 0. The topological polar surface area (TPSA) is 103 Å². The molecule has 2 heterocycles. The van der Waals surface area contributed by atoms with E-state index >= 15 is 0 Å². The predicted molar refractivity (Wildman–Crippen MR) is 105 cm³/mol. The van der Waals surface area contributed by atoms with Gasteiger partial charge in [-0.1, -0.05) is 25.1 Å². The van der Waals surface area contributed by atoms with Gasteiger partial charge in [0.05, 0.1) is 48.1 Å². The molecule has 2 atom stereocenters. The molecule has 0 saturated heterocycles. The molecular weight excluding hydrogens is 356 g/mol. The summed E-state index contributed by atoms with van der Waals surface area (Å²) in [6.07, 6.45) is -0.113. The molecule has 142 valence electrons. The maximum absolute atomic E-state index is 9.80. The molecule has 3 rings (SSSR count). The minimum Gasteiger partial charge on any atom is -0.394 e. The highest BCUT2D eigenvalue weighted by atomic mass is 35.5. The Bertz CT molecular complexity index is 880. The molecular formula is C18H25ClN4O3. The molecule has 4 N–H and O–H groups in total. The van der Waals surface area contributed by atoms with Crippen LogP contribution in [0.1, 0.15) is 19.0 Å². The van der Waals surface area contributed by atoms with Crippen LogP contribution < -0.4 is 5.32 Å². The summed E-state index contributed by atoms with van der Waals surface area (Å²) >= 11 is 0. The average molecular weight is 381 g/mol. The van der Waals surface area contributed by atoms with E-state index in [0.29, 0.717) is 5.65 Å². The first-order valence-corrected chi connectivity index (χ1v) is 8.51. The van der Waals surface area contributed by atoms with E-state index in [9.17, 15) is 10.2 Å². The Labute approximate surface area is 158 Å². The normalized spacial score (nSPS) is 13.6. The number of aliphatic hydroxyl groups is 3. The second kappa shape index (κ2) is 8.64. The smallest absolute Gasteiger partial charge is 0.160 e. The van der Waals surface area contributed by atoms with Gasteiger partial charge in [0.15, 0.2) is 5.65 Å². The third-order valence-electron chi connectivity index (χ3n) is 4.41. The third kappa shape index (κ3) is 3.76. The summed E-state index contributed by atoms with van der Waals surface area (Å²) < 4.78 is 1.63. The van der Waals surface area contributed by atoms with Crippen LogP contribution in [0.3, 0.4) is 0 Å². The van der Waals surface area contributed by atoms with Crippen molar-refractivity contribution in [3.63, 3.8) is 0 Å². The molecule has 0 aliphatic carbocycles. The molecule has 0 fully saturated rings. The van der Waals surface area contributed by atoms with Gasteiger partial charge in [0.25, 0.3) is 0 Å². The second-order valence-electron chi connectivity index (χ2n) is 6.24. The van der Waals surface area contributed by atoms with Crippen LogP contribution >= 0.6 is 12.4 Å². The second-order valence-corrected chi connectivity index (χ2v) is 6.24. The van der Waals surface area contributed by atoms with E-state index in [1.165, 1.54) is 0 Å². The maximum atomic E-state index is 9.80. The van der Waals surface area contributed by atoms with Gasteiger partial charge in [0.1, 0.15) is 0 Å². The summed E-state index contributed by atoms with van der Waals surface area (Å²) in [5, 5.41) is 38.3. The number of halogens is 1. The van der Waals surface area contributed by atoms with E-state index in [0.717, 1.165) is 34.1 Å². The number of nitrogens with zero attached hydrogens (tertiary/aromatic N) is 3. The number of aryl methyl sites for hydroxylation is 1. The molecule has 0 aliphatic rings. The molecule has 3 aromatic rings. The highest BCUT2D eigenvalue weighted by Gasteiger charge is 2.19. The van der Waals surface area contributed by atoms with Gasteiger partial charge >= 0.3 is 0 Å². The number of aromatic nitrogens is 3. The van der Waals surface area contributed by atoms with E-state index in [1.807, 2.05) is 38.1 Å².